The zero-order valence-corrected chi connectivity index (χ0v) is 13.3. The van der Waals surface area contributed by atoms with Crippen LogP contribution in [0.4, 0.5) is 5.69 Å². The van der Waals surface area contributed by atoms with E-state index in [4.69, 9.17) is 5.73 Å². The fourth-order valence-electron chi connectivity index (χ4n) is 2.16. The van der Waals surface area contributed by atoms with E-state index in [1.165, 1.54) is 11.3 Å². The first kappa shape index (κ1) is 13.8. The summed E-state index contributed by atoms with van der Waals surface area (Å²) >= 11 is 4.89. The highest BCUT2D eigenvalue weighted by molar-refractivity contribution is 9.10. The molecule has 0 radical (unpaired) electrons. The molecule has 21 heavy (non-hydrogen) atoms. The number of halogens is 1. The summed E-state index contributed by atoms with van der Waals surface area (Å²) in [7, 11) is 0. The Bertz CT molecular complexity index is 834. The highest BCUT2D eigenvalue weighted by atomic mass is 79.9. The van der Waals surface area contributed by atoms with Crippen molar-refractivity contribution in [1.29, 1.82) is 5.26 Å². The van der Waals surface area contributed by atoms with Gasteiger partial charge in [-0.05, 0) is 23.8 Å². The van der Waals surface area contributed by atoms with Gasteiger partial charge in [0.05, 0.1) is 5.69 Å². The van der Waals surface area contributed by atoms with Crippen LogP contribution < -0.4 is 5.73 Å². The molecule has 102 valence electrons. The van der Waals surface area contributed by atoms with Crippen LogP contribution in [0.1, 0.15) is 4.88 Å². The van der Waals surface area contributed by atoms with Crippen LogP contribution in [0, 0.1) is 11.3 Å². The second-order valence-electron chi connectivity index (χ2n) is 4.41. The average molecular weight is 356 g/mol. The minimum atomic E-state index is 0.519. The van der Waals surface area contributed by atoms with Crippen molar-refractivity contribution in [2.45, 2.75) is 0 Å². The van der Waals surface area contributed by atoms with E-state index in [-0.39, 0.29) is 0 Å². The van der Waals surface area contributed by atoms with Gasteiger partial charge in [-0.3, -0.25) is 4.98 Å². The molecule has 3 rings (SSSR count). The first-order chi connectivity index (χ1) is 10.2. The second-order valence-corrected chi connectivity index (χ2v) is 6.35. The normalized spacial score (nSPS) is 10.3. The Morgan fingerprint density at radius 1 is 1.19 bits per heavy atom. The Balaban J connectivity index is 2.29. The molecule has 0 saturated carbocycles. The molecule has 0 unspecified atom stereocenters. The number of nitrogens with two attached hydrogens (primary N) is 1. The molecule has 0 fully saturated rings. The lowest BCUT2D eigenvalue weighted by Gasteiger charge is -2.06. The predicted octanol–water partition coefficient (Wildman–Crippen LogP) is 4.69. The molecule has 5 heteroatoms. The summed E-state index contributed by atoms with van der Waals surface area (Å²) in [4.78, 5) is 5.66. The molecule has 3 nitrogen and oxygen atoms in total. The van der Waals surface area contributed by atoms with Crippen LogP contribution in [-0.2, 0) is 0 Å². The van der Waals surface area contributed by atoms with Gasteiger partial charge in [-0.15, -0.1) is 11.3 Å². The zero-order valence-electron chi connectivity index (χ0n) is 10.9. The molecule has 2 heterocycles. The first-order valence-electron chi connectivity index (χ1n) is 6.19. The Kier molecular flexibility index (Phi) is 3.74. The van der Waals surface area contributed by atoms with Crippen molar-refractivity contribution in [1.82, 2.24) is 4.98 Å². The van der Waals surface area contributed by atoms with Gasteiger partial charge < -0.3 is 5.73 Å². The molecular formula is C16H10BrN3S. The van der Waals surface area contributed by atoms with E-state index in [2.05, 4.69) is 27.0 Å². The van der Waals surface area contributed by atoms with Crippen LogP contribution in [0.5, 0.6) is 0 Å². The minimum absolute atomic E-state index is 0.519. The van der Waals surface area contributed by atoms with Crippen molar-refractivity contribution in [3.8, 4) is 27.6 Å². The number of hydrogen-bond donors (Lipinski definition) is 1. The number of rotatable bonds is 2. The highest BCUT2D eigenvalue weighted by Gasteiger charge is 2.18. The SMILES string of the molecule is N#Cc1sc(-c2cccc(Br)c2)c(-c2cccnc2)c1N. The topological polar surface area (TPSA) is 62.7 Å². The molecule has 0 atom stereocenters. The van der Waals surface area contributed by atoms with Crippen LogP contribution in [0.15, 0.2) is 53.3 Å². The maximum absolute atomic E-state index is 9.26. The number of thiophene rings is 1. The van der Waals surface area contributed by atoms with Gasteiger partial charge in [0.15, 0.2) is 0 Å². The Morgan fingerprint density at radius 2 is 2.00 bits per heavy atom. The van der Waals surface area contributed by atoms with Crippen LogP contribution in [-0.4, -0.2) is 4.98 Å². The number of pyridine rings is 1. The smallest absolute Gasteiger partial charge is 0.129 e. The molecule has 0 amide bonds. The van der Waals surface area contributed by atoms with Crippen molar-refractivity contribution in [3.05, 3.63) is 58.1 Å². The lowest BCUT2D eigenvalue weighted by Crippen LogP contribution is -1.90. The summed E-state index contributed by atoms with van der Waals surface area (Å²) in [6.45, 7) is 0. The number of aromatic nitrogens is 1. The number of nitriles is 1. The van der Waals surface area contributed by atoms with Crippen molar-refractivity contribution in [3.63, 3.8) is 0 Å². The molecular weight excluding hydrogens is 346 g/mol. The van der Waals surface area contributed by atoms with Gasteiger partial charge in [0.1, 0.15) is 10.9 Å². The van der Waals surface area contributed by atoms with Crippen molar-refractivity contribution in [2.75, 3.05) is 5.73 Å². The van der Waals surface area contributed by atoms with E-state index in [1.807, 2.05) is 36.4 Å². The number of nitrogens with zero attached hydrogens (tertiary/aromatic N) is 2. The second kappa shape index (κ2) is 5.68. The maximum atomic E-state index is 9.26. The number of benzene rings is 1. The molecule has 0 spiro atoms. The average Bonchev–Trinajstić information content (AvgIpc) is 2.85. The van der Waals surface area contributed by atoms with Crippen LogP contribution >= 0.6 is 27.3 Å². The van der Waals surface area contributed by atoms with E-state index >= 15 is 0 Å². The van der Waals surface area contributed by atoms with Crippen LogP contribution in [0.2, 0.25) is 0 Å². The third-order valence-corrected chi connectivity index (χ3v) is 4.74. The quantitative estimate of drug-likeness (QED) is 0.724. The van der Waals surface area contributed by atoms with Crippen molar-refractivity contribution in [2.24, 2.45) is 0 Å². The molecule has 0 saturated heterocycles. The molecule has 0 aliphatic rings. The van der Waals surface area contributed by atoms with Gasteiger partial charge in [-0.25, -0.2) is 0 Å². The van der Waals surface area contributed by atoms with E-state index in [9.17, 15) is 5.26 Å². The van der Waals surface area contributed by atoms with Gasteiger partial charge in [0.25, 0.3) is 0 Å². The monoisotopic (exact) mass is 355 g/mol. The molecule has 0 bridgehead atoms. The Morgan fingerprint density at radius 3 is 2.67 bits per heavy atom. The number of hydrogen-bond acceptors (Lipinski definition) is 4. The molecule has 1 aromatic carbocycles. The first-order valence-corrected chi connectivity index (χ1v) is 7.80. The van der Waals surface area contributed by atoms with Crippen LogP contribution in [0.25, 0.3) is 21.6 Å². The summed E-state index contributed by atoms with van der Waals surface area (Å²) in [5, 5.41) is 9.26. The van der Waals surface area contributed by atoms with Gasteiger partial charge in [-0.1, -0.05) is 34.1 Å². The maximum Gasteiger partial charge on any atom is 0.129 e. The molecule has 0 aliphatic heterocycles. The Hall–Kier alpha value is -2.16. The minimum Gasteiger partial charge on any atom is -0.396 e. The van der Waals surface area contributed by atoms with Gasteiger partial charge in [0, 0.05) is 32.9 Å². The fraction of sp³-hybridized carbons (Fsp3) is 0. The lowest BCUT2D eigenvalue weighted by atomic mass is 10.0. The molecule has 2 aromatic heterocycles. The summed E-state index contributed by atoms with van der Waals surface area (Å²) < 4.78 is 0.989. The third-order valence-electron chi connectivity index (χ3n) is 3.08. The van der Waals surface area contributed by atoms with E-state index in [0.717, 1.165) is 26.0 Å². The lowest BCUT2D eigenvalue weighted by molar-refractivity contribution is 1.33. The van der Waals surface area contributed by atoms with E-state index < -0.39 is 0 Å². The molecule has 0 aliphatic carbocycles. The van der Waals surface area contributed by atoms with Crippen molar-refractivity contribution >= 4 is 33.0 Å². The highest BCUT2D eigenvalue weighted by Crippen LogP contribution is 2.44. The van der Waals surface area contributed by atoms with E-state index in [1.54, 1.807) is 12.4 Å². The van der Waals surface area contributed by atoms with Crippen LogP contribution in [0.3, 0.4) is 0 Å². The van der Waals surface area contributed by atoms with Gasteiger partial charge in [0.2, 0.25) is 0 Å². The number of nitrogen functional groups attached to an aromatic ring is 1. The standard InChI is InChI=1S/C16H10BrN3S/c17-12-5-1-3-10(7-12)16-14(11-4-2-6-20-9-11)15(19)13(8-18)21-16/h1-7,9H,19H2. The summed E-state index contributed by atoms with van der Waals surface area (Å²) in [6.07, 6.45) is 3.48. The summed E-state index contributed by atoms with van der Waals surface area (Å²) in [6, 6.07) is 14.0. The number of anilines is 1. The largest absolute Gasteiger partial charge is 0.396 e. The molecule has 2 N–H and O–H groups in total. The van der Waals surface area contributed by atoms with Crippen molar-refractivity contribution < 1.29 is 0 Å². The Labute approximate surface area is 134 Å². The van der Waals surface area contributed by atoms with Gasteiger partial charge >= 0.3 is 0 Å². The molecule has 3 aromatic rings. The summed E-state index contributed by atoms with van der Waals surface area (Å²) in [5.41, 5.74) is 9.52. The van der Waals surface area contributed by atoms with E-state index in [0.29, 0.717) is 10.6 Å². The van der Waals surface area contributed by atoms with Gasteiger partial charge in [-0.2, -0.15) is 5.26 Å². The third kappa shape index (κ3) is 2.56. The zero-order chi connectivity index (χ0) is 14.8. The summed E-state index contributed by atoms with van der Waals surface area (Å²) in [5.74, 6) is 0. The fourth-order valence-corrected chi connectivity index (χ4v) is 3.59. The predicted molar refractivity (Wildman–Crippen MR) is 89.8 cm³/mol.